The summed E-state index contributed by atoms with van der Waals surface area (Å²) in [5, 5.41) is 0.467. The molecular weight excluding hydrogens is 398 g/mol. The Morgan fingerprint density at radius 3 is 2.50 bits per heavy atom. The standard InChI is InChI=1S/C21H24ClNO4S/c1-26-21-19(22)7-8-20(23-21)17(14-16-9-11-27-12-10-16)13-15-3-5-18(6-4-15)28(2,24)25/h3-8,14,16H,9-13H2,1-2H3. The molecule has 0 unspecified atom stereocenters. The predicted octanol–water partition coefficient (Wildman–Crippen LogP) is 4.20. The molecule has 0 aliphatic carbocycles. The van der Waals surface area contributed by atoms with E-state index in [1.54, 1.807) is 25.3 Å². The van der Waals surface area contributed by atoms with Crippen molar-refractivity contribution in [2.45, 2.75) is 24.2 Å². The summed E-state index contributed by atoms with van der Waals surface area (Å²) in [6.45, 7) is 1.52. The minimum Gasteiger partial charge on any atom is -0.480 e. The zero-order valence-electron chi connectivity index (χ0n) is 16.0. The first-order chi connectivity index (χ1) is 13.4. The van der Waals surface area contributed by atoms with Crippen LogP contribution in [0.3, 0.4) is 0 Å². The van der Waals surface area contributed by atoms with Gasteiger partial charge in [-0.1, -0.05) is 29.8 Å². The van der Waals surface area contributed by atoms with Crippen LogP contribution in [0.4, 0.5) is 0 Å². The summed E-state index contributed by atoms with van der Waals surface area (Å²) < 4.78 is 34.1. The fourth-order valence-corrected chi connectivity index (χ4v) is 4.03. The maximum Gasteiger partial charge on any atom is 0.232 e. The van der Waals surface area contributed by atoms with Crippen molar-refractivity contribution >= 4 is 27.0 Å². The molecule has 1 aliphatic rings. The lowest BCUT2D eigenvalue weighted by atomic mass is 9.93. The van der Waals surface area contributed by atoms with Crippen molar-refractivity contribution in [2.24, 2.45) is 5.92 Å². The lowest BCUT2D eigenvalue weighted by Gasteiger charge is -2.20. The highest BCUT2D eigenvalue weighted by Crippen LogP contribution is 2.29. The molecule has 28 heavy (non-hydrogen) atoms. The van der Waals surface area contributed by atoms with Gasteiger partial charge in [0.15, 0.2) is 9.84 Å². The third-order valence-corrected chi connectivity index (χ3v) is 6.20. The second-order valence-corrected chi connectivity index (χ2v) is 9.35. The number of hydrogen-bond acceptors (Lipinski definition) is 5. The summed E-state index contributed by atoms with van der Waals surface area (Å²) in [6.07, 6.45) is 6.05. The van der Waals surface area contributed by atoms with Crippen LogP contribution in [0.15, 0.2) is 47.4 Å². The van der Waals surface area contributed by atoms with Gasteiger partial charge in [0.2, 0.25) is 5.88 Å². The maximum absolute atomic E-state index is 11.7. The summed E-state index contributed by atoms with van der Waals surface area (Å²) in [6, 6.07) is 10.7. The van der Waals surface area contributed by atoms with Crippen molar-refractivity contribution < 1.29 is 17.9 Å². The zero-order valence-corrected chi connectivity index (χ0v) is 17.6. The molecule has 1 fully saturated rings. The van der Waals surface area contributed by atoms with Gasteiger partial charge in [0.05, 0.1) is 17.7 Å². The molecular formula is C21H24ClNO4S. The second kappa shape index (κ2) is 9.07. The number of allylic oxidation sites excluding steroid dienone is 2. The Morgan fingerprint density at radius 1 is 1.21 bits per heavy atom. The monoisotopic (exact) mass is 421 g/mol. The smallest absolute Gasteiger partial charge is 0.232 e. The number of benzene rings is 1. The largest absolute Gasteiger partial charge is 0.480 e. The van der Waals surface area contributed by atoms with E-state index < -0.39 is 9.84 Å². The van der Waals surface area contributed by atoms with Crippen LogP contribution in [0, 0.1) is 5.92 Å². The number of pyridine rings is 1. The molecule has 1 aliphatic heterocycles. The number of halogens is 1. The number of ether oxygens (including phenoxy) is 2. The molecule has 0 radical (unpaired) electrons. The lowest BCUT2D eigenvalue weighted by molar-refractivity contribution is 0.0786. The van der Waals surface area contributed by atoms with Crippen molar-refractivity contribution in [3.63, 3.8) is 0 Å². The number of rotatable bonds is 6. The molecule has 0 N–H and O–H groups in total. The predicted molar refractivity (Wildman–Crippen MR) is 111 cm³/mol. The van der Waals surface area contributed by atoms with Crippen molar-refractivity contribution in [3.8, 4) is 5.88 Å². The third kappa shape index (κ3) is 5.34. The van der Waals surface area contributed by atoms with Crippen LogP contribution in [0.2, 0.25) is 5.02 Å². The van der Waals surface area contributed by atoms with Crippen molar-refractivity contribution in [1.82, 2.24) is 4.98 Å². The quantitative estimate of drug-likeness (QED) is 0.699. The van der Waals surface area contributed by atoms with Gasteiger partial charge in [0, 0.05) is 19.5 Å². The average molecular weight is 422 g/mol. The molecule has 1 saturated heterocycles. The van der Waals surface area contributed by atoms with Gasteiger partial charge >= 0.3 is 0 Å². The van der Waals surface area contributed by atoms with E-state index >= 15 is 0 Å². The van der Waals surface area contributed by atoms with Crippen LogP contribution in [0.1, 0.15) is 24.1 Å². The van der Waals surface area contributed by atoms with E-state index in [0.29, 0.717) is 28.1 Å². The summed E-state index contributed by atoms with van der Waals surface area (Å²) in [7, 11) is -1.66. The Morgan fingerprint density at radius 2 is 1.89 bits per heavy atom. The number of hydrogen-bond donors (Lipinski definition) is 0. The molecule has 1 aromatic heterocycles. The van der Waals surface area contributed by atoms with E-state index in [0.717, 1.165) is 42.9 Å². The number of methoxy groups -OCH3 is 1. The van der Waals surface area contributed by atoms with E-state index in [1.807, 2.05) is 18.2 Å². The van der Waals surface area contributed by atoms with E-state index in [-0.39, 0.29) is 0 Å². The van der Waals surface area contributed by atoms with Crippen molar-refractivity contribution in [2.75, 3.05) is 26.6 Å². The van der Waals surface area contributed by atoms with Gasteiger partial charge in [0.25, 0.3) is 0 Å². The van der Waals surface area contributed by atoms with Crippen LogP contribution in [-0.4, -0.2) is 40.0 Å². The highest BCUT2D eigenvalue weighted by Gasteiger charge is 2.16. The van der Waals surface area contributed by atoms with Gasteiger partial charge in [-0.2, -0.15) is 0 Å². The first kappa shape index (κ1) is 20.8. The molecule has 2 heterocycles. The number of sulfone groups is 1. The molecule has 3 rings (SSSR count). The molecule has 150 valence electrons. The molecule has 1 aromatic carbocycles. The highest BCUT2D eigenvalue weighted by atomic mass is 35.5. The molecule has 0 saturated carbocycles. The third-order valence-electron chi connectivity index (χ3n) is 4.79. The van der Waals surface area contributed by atoms with E-state index in [1.165, 1.54) is 6.26 Å². The Labute approximate surface area is 171 Å². The Bertz CT molecular complexity index is 949. The fourth-order valence-electron chi connectivity index (χ4n) is 3.22. The topological polar surface area (TPSA) is 65.5 Å². The van der Waals surface area contributed by atoms with Gasteiger partial charge in [-0.15, -0.1) is 0 Å². The van der Waals surface area contributed by atoms with Crippen molar-refractivity contribution in [1.29, 1.82) is 0 Å². The summed E-state index contributed by atoms with van der Waals surface area (Å²) in [4.78, 5) is 4.88. The fraction of sp³-hybridized carbons (Fsp3) is 0.381. The van der Waals surface area contributed by atoms with Gasteiger partial charge in [-0.3, -0.25) is 0 Å². The minimum absolute atomic E-state index is 0.317. The van der Waals surface area contributed by atoms with Crippen LogP contribution in [-0.2, 0) is 21.0 Å². The van der Waals surface area contributed by atoms with Gasteiger partial charge < -0.3 is 9.47 Å². The first-order valence-electron chi connectivity index (χ1n) is 9.15. The first-order valence-corrected chi connectivity index (χ1v) is 11.4. The minimum atomic E-state index is -3.21. The second-order valence-electron chi connectivity index (χ2n) is 6.92. The summed E-state index contributed by atoms with van der Waals surface area (Å²) >= 11 is 6.13. The van der Waals surface area contributed by atoms with Crippen LogP contribution in [0.5, 0.6) is 5.88 Å². The van der Waals surface area contributed by atoms with Crippen molar-refractivity contribution in [3.05, 3.63) is 58.8 Å². The Kier molecular flexibility index (Phi) is 6.75. The summed E-state index contributed by atoms with van der Waals surface area (Å²) in [5.74, 6) is 0.812. The SMILES string of the molecule is COc1nc(C(=CC2CCOCC2)Cc2ccc(S(C)(=O)=O)cc2)ccc1Cl. The maximum atomic E-state index is 11.7. The Hall–Kier alpha value is -1.89. The Balaban J connectivity index is 1.93. The normalized spacial score (nSPS) is 16.2. The molecule has 0 spiro atoms. The molecule has 0 bridgehead atoms. The van der Waals surface area contributed by atoms with Gasteiger partial charge in [-0.05, 0) is 60.6 Å². The molecule has 5 nitrogen and oxygen atoms in total. The molecule has 7 heteroatoms. The molecule has 2 aromatic rings. The van der Waals surface area contributed by atoms with Crippen LogP contribution >= 0.6 is 11.6 Å². The van der Waals surface area contributed by atoms with E-state index in [9.17, 15) is 8.42 Å². The number of nitrogens with zero attached hydrogens (tertiary/aromatic N) is 1. The van der Waals surface area contributed by atoms with Crippen LogP contribution < -0.4 is 4.74 Å². The molecule has 0 amide bonds. The van der Waals surface area contributed by atoms with Crippen LogP contribution in [0.25, 0.3) is 5.57 Å². The highest BCUT2D eigenvalue weighted by molar-refractivity contribution is 7.90. The average Bonchev–Trinajstić information content (AvgIpc) is 2.68. The summed E-state index contributed by atoms with van der Waals surface area (Å²) in [5.41, 5.74) is 2.88. The van der Waals surface area contributed by atoms with E-state index in [4.69, 9.17) is 21.1 Å². The zero-order chi connectivity index (χ0) is 20.1. The lowest BCUT2D eigenvalue weighted by Crippen LogP contribution is -2.14. The molecule has 0 atom stereocenters. The van der Waals surface area contributed by atoms with E-state index in [2.05, 4.69) is 11.1 Å². The van der Waals surface area contributed by atoms with Gasteiger partial charge in [-0.25, -0.2) is 13.4 Å². The van der Waals surface area contributed by atoms with Gasteiger partial charge in [0.1, 0.15) is 5.02 Å². The number of aromatic nitrogens is 1.